The summed E-state index contributed by atoms with van der Waals surface area (Å²) in [5.74, 6) is -0.892. The van der Waals surface area contributed by atoms with Crippen LogP contribution in [0.15, 0.2) is 60.8 Å². The zero-order valence-corrected chi connectivity index (χ0v) is 47.2. The minimum absolute atomic E-state index is 0.0818. The molecule has 0 amide bonds. The summed E-state index contributed by atoms with van der Waals surface area (Å²) in [5.41, 5.74) is 0. The van der Waals surface area contributed by atoms with Gasteiger partial charge < -0.3 is 14.2 Å². The van der Waals surface area contributed by atoms with E-state index in [1.165, 1.54) is 180 Å². The Labute approximate surface area is 440 Å². The van der Waals surface area contributed by atoms with Crippen molar-refractivity contribution in [3.8, 4) is 0 Å². The van der Waals surface area contributed by atoms with Crippen LogP contribution in [0.2, 0.25) is 0 Å². The molecule has 0 aliphatic carbocycles. The first-order valence-electron chi connectivity index (χ1n) is 30.8. The Hall–Kier alpha value is -2.89. The third-order valence-electron chi connectivity index (χ3n) is 13.5. The molecule has 0 aliphatic heterocycles. The molecule has 0 aromatic heterocycles. The van der Waals surface area contributed by atoms with Crippen LogP contribution in [0.4, 0.5) is 0 Å². The van der Waals surface area contributed by atoms with Gasteiger partial charge in [-0.25, -0.2) is 0 Å². The lowest BCUT2D eigenvalue weighted by atomic mass is 10.0. The highest BCUT2D eigenvalue weighted by molar-refractivity contribution is 5.71. The van der Waals surface area contributed by atoms with Gasteiger partial charge in [0.2, 0.25) is 0 Å². The lowest BCUT2D eigenvalue weighted by Gasteiger charge is -2.18. The predicted molar refractivity (Wildman–Crippen MR) is 307 cm³/mol. The van der Waals surface area contributed by atoms with Gasteiger partial charge in [0.25, 0.3) is 0 Å². The first-order valence-corrected chi connectivity index (χ1v) is 30.8. The smallest absolute Gasteiger partial charge is 0.306 e. The first kappa shape index (κ1) is 68.1. The Morgan fingerprint density at radius 1 is 0.296 bits per heavy atom. The lowest BCUT2D eigenvalue weighted by Crippen LogP contribution is -2.30. The molecule has 0 aromatic rings. The van der Waals surface area contributed by atoms with E-state index in [1.807, 2.05) is 0 Å². The molecule has 1 unspecified atom stereocenters. The van der Waals surface area contributed by atoms with Gasteiger partial charge in [-0.05, 0) is 83.5 Å². The van der Waals surface area contributed by atoms with Gasteiger partial charge in [-0.1, -0.05) is 274 Å². The molecule has 0 radical (unpaired) electrons. The summed E-state index contributed by atoms with van der Waals surface area (Å²) in [6, 6.07) is 0. The first-order chi connectivity index (χ1) is 35.0. The summed E-state index contributed by atoms with van der Waals surface area (Å²) in [7, 11) is 0. The Kier molecular flexibility index (Phi) is 57.2. The highest BCUT2D eigenvalue weighted by Crippen LogP contribution is 2.16. The Bertz CT molecular complexity index is 1280. The molecule has 0 rings (SSSR count). The monoisotopic (exact) mass is 993 g/mol. The molecule has 6 heteroatoms. The van der Waals surface area contributed by atoms with Crippen molar-refractivity contribution in [1.29, 1.82) is 0 Å². The fourth-order valence-electron chi connectivity index (χ4n) is 8.90. The van der Waals surface area contributed by atoms with Gasteiger partial charge in [0.1, 0.15) is 13.2 Å². The van der Waals surface area contributed by atoms with E-state index < -0.39 is 6.10 Å². The summed E-state index contributed by atoms with van der Waals surface area (Å²) in [6.45, 7) is 6.55. The Balaban J connectivity index is 4.37. The van der Waals surface area contributed by atoms with Gasteiger partial charge in [0.05, 0.1) is 0 Å². The fourth-order valence-corrected chi connectivity index (χ4v) is 8.90. The molecular formula is C65H116O6. The average molecular weight is 994 g/mol. The van der Waals surface area contributed by atoms with Crippen molar-refractivity contribution in [2.24, 2.45) is 0 Å². The number of carbonyl (C=O) groups is 3. The van der Waals surface area contributed by atoms with E-state index in [4.69, 9.17) is 14.2 Å². The maximum Gasteiger partial charge on any atom is 0.306 e. The van der Waals surface area contributed by atoms with Crippen molar-refractivity contribution in [1.82, 2.24) is 0 Å². The number of carbonyl (C=O) groups excluding carboxylic acids is 3. The summed E-state index contributed by atoms with van der Waals surface area (Å²) in [6.07, 6.45) is 75.0. The maximum atomic E-state index is 12.9. The van der Waals surface area contributed by atoms with Crippen molar-refractivity contribution in [2.75, 3.05) is 13.2 Å². The van der Waals surface area contributed by atoms with Crippen LogP contribution in [-0.4, -0.2) is 37.2 Å². The minimum atomic E-state index is -0.787. The van der Waals surface area contributed by atoms with Gasteiger partial charge in [0.15, 0.2) is 6.10 Å². The Morgan fingerprint density at radius 3 is 0.873 bits per heavy atom. The molecule has 0 aliphatic rings. The largest absolute Gasteiger partial charge is 0.462 e. The van der Waals surface area contributed by atoms with E-state index in [0.717, 1.165) is 96.3 Å². The highest BCUT2D eigenvalue weighted by Gasteiger charge is 2.19. The number of allylic oxidation sites excluding steroid dienone is 10. The van der Waals surface area contributed by atoms with E-state index in [-0.39, 0.29) is 31.1 Å². The zero-order valence-electron chi connectivity index (χ0n) is 47.2. The molecule has 1 atom stereocenters. The van der Waals surface area contributed by atoms with Gasteiger partial charge >= 0.3 is 17.9 Å². The summed E-state index contributed by atoms with van der Waals surface area (Å²) in [5, 5.41) is 0. The second-order valence-electron chi connectivity index (χ2n) is 20.6. The molecule has 6 nitrogen and oxygen atoms in total. The van der Waals surface area contributed by atoms with E-state index >= 15 is 0 Å². The molecule has 0 saturated heterocycles. The highest BCUT2D eigenvalue weighted by atomic mass is 16.6. The van der Waals surface area contributed by atoms with Crippen LogP contribution in [0.5, 0.6) is 0 Å². The normalized spacial score (nSPS) is 12.4. The minimum Gasteiger partial charge on any atom is -0.462 e. The number of rotatable bonds is 56. The van der Waals surface area contributed by atoms with Gasteiger partial charge in [0, 0.05) is 19.3 Å². The molecule has 0 spiro atoms. The third kappa shape index (κ3) is 57.9. The van der Waals surface area contributed by atoms with Crippen LogP contribution in [0.3, 0.4) is 0 Å². The topological polar surface area (TPSA) is 78.9 Å². The number of ether oxygens (including phenoxy) is 3. The van der Waals surface area contributed by atoms with Crippen LogP contribution in [0.1, 0.15) is 316 Å². The van der Waals surface area contributed by atoms with E-state index in [9.17, 15) is 14.4 Å². The van der Waals surface area contributed by atoms with E-state index in [2.05, 4.69) is 81.5 Å². The van der Waals surface area contributed by atoms with Crippen LogP contribution < -0.4 is 0 Å². The summed E-state index contributed by atoms with van der Waals surface area (Å²) < 4.78 is 16.9. The van der Waals surface area contributed by atoms with Crippen molar-refractivity contribution >= 4 is 17.9 Å². The van der Waals surface area contributed by atoms with E-state index in [0.29, 0.717) is 19.3 Å². The molecule has 0 N–H and O–H groups in total. The van der Waals surface area contributed by atoms with E-state index in [1.54, 1.807) is 0 Å². The van der Waals surface area contributed by atoms with Gasteiger partial charge in [-0.2, -0.15) is 0 Å². The number of hydrogen-bond acceptors (Lipinski definition) is 6. The summed E-state index contributed by atoms with van der Waals surface area (Å²) in [4.78, 5) is 38.2. The van der Waals surface area contributed by atoms with Crippen molar-refractivity contribution in [3.05, 3.63) is 60.8 Å². The fraction of sp³-hybridized carbons (Fsp3) is 0.800. The zero-order chi connectivity index (χ0) is 51.4. The Morgan fingerprint density at radius 2 is 0.549 bits per heavy atom. The summed E-state index contributed by atoms with van der Waals surface area (Å²) >= 11 is 0. The predicted octanol–water partition coefficient (Wildman–Crippen LogP) is 20.8. The molecule has 0 saturated carbocycles. The number of hydrogen-bond donors (Lipinski definition) is 0. The second kappa shape index (κ2) is 59.7. The van der Waals surface area contributed by atoms with Crippen LogP contribution in [0, 0.1) is 0 Å². The number of unbranched alkanes of at least 4 members (excludes halogenated alkanes) is 35. The molecule has 0 aromatic carbocycles. The molecular weight excluding hydrogens is 877 g/mol. The quantitative estimate of drug-likeness (QED) is 0.0261. The van der Waals surface area contributed by atoms with Crippen molar-refractivity contribution < 1.29 is 28.6 Å². The molecule has 0 fully saturated rings. The second-order valence-corrected chi connectivity index (χ2v) is 20.6. The SMILES string of the molecule is CC/C=C\C/C=C\C/C=C\C/C=C\CCCCCCC(=O)OC(COC(=O)CCCCCCCCCCC/C=C\CCCCCCCCCC)COC(=O)CCCCCCCCCCCCCCCCC. The number of esters is 3. The van der Waals surface area contributed by atoms with Crippen molar-refractivity contribution in [2.45, 2.75) is 322 Å². The lowest BCUT2D eigenvalue weighted by molar-refractivity contribution is -0.167. The molecule has 0 heterocycles. The van der Waals surface area contributed by atoms with Gasteiger partial charge in [-0.15, -0.1) is 0 Å². The standard InChI is InChI=1S/C65H116O6/c1-4-7-10-13-16-19-22-25-28-30-31-32-33-35-37-40-43-46-49-52-55-58-64(67)70-61-62(60-69-63(66)57-54-51-48-45-42-39-36-27-24-21-18-15-12-9-6-3)71-65(68)59-56-53-50-47-44-41-38-34-29-26-23-20-17-14-11-8-5-2/h8,11,17,20,26,29-31,38,41,62H,4-7,9-10,12-16,18-19,21-25,27-28,32-37,39-40,42-61H2,1-3H3/b11-8-,20-17-,29-26-,31-30-,41-38-. The van der Waals surface area contributed by atoms with Crippen LogP contribution in [-0.2, 0) is 28.6 Å². The van der Waals surface area contributed by atoms with Gasteiger partial charge in [-0.3, -0.25) is 14.4 Å². The third-order valence-corrected chi connectivity index (χ3v) is 13.5. The molecule has 412 valence electrons. The van der Waals surface area contributed by atoms with Crippen LogP contribution >= 0.6 is 0 Å². The average Bonchev–Trinajstić information content (AvgIpc) is 3.37. The van der Waals surface area contributed by atoms with Crippen LogP contribution in [0.25, 0.3) is 0 Å². The van der Waals surface area contributed by atoms with Crippen molar-refractivity contribution in [3.63, 3.8) is 0 Å². The molecule has 0 bridgehead atoms. The maximum absolute atomic E-state index is 12.9. The molecule has 71 heavy (non-hydrogen) atoms.